The third-order valence-corrected chi connectivity index (χ3v) is 5.15. The fourth-order valence-electron chi connectivity index (χ4n) is 1.96. The van der Waals surface area contributed by atoms with Crippen LogP contribution in [-0.4, -0.2) is 43.9 Å². The number of hydrogen-bond donors (Lipinski definition) is 1. The zero-order chi connectivity index (χ0) is 19.3. The van der Waals surface area contributed by atoms with Gasteiger partial charge in [-0.2, -0.15) is 5.10 Å². The Bertz CT molecular complexity index is 970. The van der Waals surface area contributed by atoms with Crippen LogP contribution in [0.5, 0.6) is 0 Å². The lowest BCUT2D eigenvalue weighted by Gasteiger charge is -2.11. The number of rotatable bonds is 6. The third-order valence-electron chi connectivity index (χ3n) is 3.34. The number of nitrogens with one attached hydrogen (secondary N) is 1. The molecule has 2 rings (SSSR count). The molecule has 136 valence electrons. The second-order valence-electron chi connectivity index (χ2n) is 5.37. The van der Waals surface area contributed by atoms with Crippen molar-refractivity contribution in [3.8, 4) is 0 Å². The summed E-state index contributed by atoms with van der Waals surface area (Å²) in [6, 6.07) is 11.3. The molecule has 0 radical (unpaired) electrons. The fourth-order valence-corrected chi connectivity index (χ4v) is 2.91. The number of nitrogens with zero attached hydrogens (tertiary/aromatic N) is 3. The maximum atomic E-state index is 12.1. The summed E-state index contributed by atoms with van der Waals surface area (Å²) in [7, 11) is -0.870. The third kappa shape index (κ3) is 4.49. The molecule has 2 aromatic rings. The van der Waals surface area contributed by atoms with E-state index < -0.39 is 20.9 Å². The quantitative estimate of drug-likeness (QED) is 0.466. The largest absolute Gasteiger partial charge is 0.271 e. The Morgan fingerprint density at radius 3 is 2.54 bits per heavy atom. The molecule has 9 nitrogen and oxygen atoms in total. The highest BCUT2D eigenvalue weighted by Crippen LogP contribution is 2.15. The molecule has 0 unspecified atom stereocenters. The zero-order valence-corrected chi connectivity index (χ0v) is 14.8. The van der Waals surface area contributed by atoms with Gasteiger partial charge < -0.3 is 0 Å². The molecule has 0 aromatic heterocycles. The Morgan fingerprint density at radius 1 is 1.19 bits per heavy atom. The summed E-state index contributed by atoms with van der Waals surface area (Å²) in [5, 5.41) is 14.5. The molecule has 0 aliphatic carbocycles. The van der Waals surface area contributed by atoms with E-state index in [2.05, 4.69) is 10.5 Å². The maximum Gasteiger partial charge on any atom is 0.271 e. The summed E-state index contributed by atoms with van der Waals surface area (Å²) in [4.78, 5) is 22.3. The molecule has 2 aromatic carbocycles. The number of nitro groups is 1. The predicted octanol–water partition coefficient (Wildman–Crippen LogP) is 1.61. The SMILES string of the molecule is CN(C)S(=O)(=O)c1cccc(C(=O)N/N=C\c2cccc([N+](=O)[O-])c2)c1. The molecule has 1 N–H and O–H groups in total. The van der Waals surface area contributed by atoms with Gasteiger partial charge in [0.25, 0.3) is 11.6 Å². The number of nitro benzene ring substituents is 1. The van der Waals surface area contributed by atoms with Crippen LogP contribution in [-0.2, 0) is 10.0 Å². The lowest BCUT2D eigenvalue weighted by atomic mass is 10.2. The van der Waals surface area contributed by atoms with Crippen molar-refractivity contribution in [1.29, 1.82) is 0 Å². The van der Waals surface area contributed by atoms with Gasteiger partial charge in [0.05, 0.1) is 16.0 Å². The van der Waals surface area contributed by atoms with E-state index >= 15 is 0 Å². The lowest BCUT2D eigenvalue weighted by molar-refractivity contribution is -0.384. The molecule has 1 amide bonds. The molecule has 0 atom stereocenters. The molecule has 0 aliphatic rings. The second-order valence-corrected chi connectivity index (χ2v) is 7.52. The van der Waals surface area contributed by atoms with Gasteiger partial charge in [0.15, 0.2) is 0 Å². The molecule has 0 bridgehead atoms. The van der Waals surface area contributed by atoms with Crippen LogP contribution in [0.1, 0.15) is 15.9 Å². The second kappa shape index (κ2) is 7.85. The van der Waals surface area contributed by atoms with E-state index in [1.807, 2.05) is 0 Å². The van der Waals surface area contributed by atoms with Crippen LogP contribution in [0.15, 0.2) is 58.5 Å². The molecule has 26 heavy (non-hydrogen) atoms. The molecule has 10 heteroatoms. The minimum absolute atomic E-state index is 0.0159. The number of hydrogen-bond acceptors (Lipinski definition) is 6. The van der Waals surface area contributed by atoms with E-state index in [-0.39, 0.29) is 16.1 Å². The lowest BCUT2D eigenvalue weighted by Crippen LogP contribution is -2.23. The number of benzene rings is 2. The van der Waals surface area contributed by atoms with E-state index in [4.69, 9.17) is 0 Å². The highest BCUT2D eigenvalue weighted by molar-refractivity contribution is 7.89. The summed E-state index contributed by atoms with van der Waals surface area (Å²) in [5.41, 5.74) is 2.71. The van der Waals surface area contributed by atoms with E-state index in [0.29, 0.717) is 5.56 Å². The number of hydrazone groups is 1. The van der Waals surface area contributed by atoms with Crippen LogP contribution in [0.2, 0.25) is 0 Å². The van der Waals surface area contributed by atoms with Gasteiger partial charge in [0.2, 0.25) is 10.0 Å². The summed E-state index contributed by atoms with van der Waals surface area (Å²) in [6.45, 7) is 0. The average molecular weight is 376 g/mol. The summed E-state index contributed by atoms with van der Waals surface area (Å²) < 4.78 is 25.3. The Hall–Kier alpha value is -3.11. The molecule has 0 heterocycles. The molecule has 0 saturated carbocycles. The van der Waals surface area contributed by atoms with Gasteiger partial charge in [0.1, 0.15) is 0 Å². The van der Waals surface area contributed by atoms with Gasteiger partial charge in [-0.25, -0.2) is 18.1 Å². The molecule has 0 saturated heterocycles. The standard InChI is InChI=1S/C16H16N4O5S/c1-19(2)26(24,25)15-8-4-6-13(10-15)16(21)18-17-11-12-5-3-7-14(9-12)20(22)23/h3-11H,1-2H3,(H,18,21)/b17-11-. The van der Waals surface area contributed by atoms with Crippen LogP contribution in [0.25, 0.3) is 0 Å². The first kappa shape index (κ1) is 19.2. The van der Waals surface area contributed by atoms with Crippen molar-refractivity contribution in [2.45, 2.75) is 4.90 Å². The van der Waals surface area contributed by atoms with Gasteiger partial charge in [0, 0.05) is 37.4 Å². The van der Waals surface area contributed by atoms with Crippen LogP contribution in [0, 0.1) is 10.1 Å². The van der Waals surface area contributed by atoms with Gasteiger partial charge in [-0.05, 0) is 18.2 Å². The van der Waals surface area contributed by atoms with Crippen molar-refractivity contribution in [3.05, 3.63) is 69.8 Å². The number of carbonyl (C=O) groups is 1. The summed E-state index contributed by atoms with van der Waals surface area (Å²) >= 11 is 0. The molecule has 0 fully saturated rings. The van der Waals surface area contributed by atoms with E-state index in [1.54, 1.807) is 6.07 Å². The van der Waals surface area contributed by atoms with Crippen molar-refractivity contribution in [2.24, 2.45) is 5.10 Å². The van der Waals surface area contributed by atoms with Crippen molar-refractivity contribution in [3.63, 3.8) is 0 Å². The molecular weight excluding hydrogens is 360 g/mol. The average Bonchev–Trinajstić information content (AvgIpc) is 2.61. The normalized spacial score (nSPS) is 11.7. The summed E-state index contributed by atoms with van der Waals surface area (Å²) in [5.74, 6) is -0.609. The van der Waals surface area contributed by atoms with Crippen molar-refractivity contribution in [1.82, 2.24) is 9.73 Å². The highest BCUT2D eigenvalue weighted by atomic mass is 32.2. The Morgan fingerprint density at radius 2 is 1.88 bits per heavy atom. The first-order valence-electron chi connectivity index (χ1n) is 7.32. The van der Waals surface area contributed by atoms with Gasteiger partial charge in [-0.3, -0.25) is 14.9 Å². The predicted molar refractivity (Wildman–Crippen MR) is 95.5 cm³/mol. The monoisotopic (exact) mass is 376 g/mol. The number of amides is 1. The van der Waals surface area contributed by atoms with Crippen molar-refractivity contribution < 1.29 is 18.1 Å². The fraction of sp³-hybridized carbons (Fsp3) is 0.125. The topological polar surface area (TPSA) is 122 Å². The smallest absolute Gasteiger partial charge is 0.267 e. The highest BCUT2D eigenvalue weighted by Gasteiger charge is 2.18. The van der Waals surface area contributed by atoms with Gasteiger partial charge >= 0.3 is 0 Å². The minimum atomic E-state index is -3.66. The van der Waals surface area contributed by atoms with Crippen LogP contribution < -0.4 is 5.43 Å². The van der Waals surface area contributed by atoms with E-state index in [1.165, 1.54) is 62.8 Å². The Labute approximate surface area is 150 Å². The molecule has 0 spiro atoms. The van der Waals surface area contributed by atoms with Crippen molar-refractivity contribution in [2.75, 3.05) is 14.1 Å². The number of sulfonamides is 1. The van der Waals surface area contributed by atoms with Gasteiger partial charge in [-0.1, -0.05) is 18.2 Å². The zero-order valence-electron chi connectivity index (χ0n) is 14.0. The molecule has 0 aliphatic heterocycles. The number of carbonyl (C=O) groups excluding carboxylic acids is 1. The van der Waals surface area contributed by atoms with Crippen LogP contribution in [0.4, 0.5) is 5.69 Å². The maximum absolute atomic E-state index is 12.1. The van der Waals surface area contributed by atoms with Gasteiger partial charge in [-0.15, -0.1) is 0 Å². The Balaban J connectivity index is 2.14. The first-order chi connectivity index (χ1) is 12.2. The van der Waals surface area contributed by atoms with Crippen molar-refractivity contribution >= 4 is 27.8 Å². The Kier molecular flexibility index (Phi) is 5.80. The minimum Gasteiger partial charge on any atom is -0.267 e. The molecular formula is C16H16N4O5S. The van der Waals surface area contributed by atoms with E-state index in [9.17, 15) is 23.3 Å². The summed E-state index contributed by atoms with van der Waals surface area (Å²) in [6.07, 6.45) is 1.26. The van der Waals surface area contributed by atoms with Crippen LogP contribution in [0.3, 0.4) is 0 Å². The first-order valence-corrected chi connectivity index (χ1v) is 8.76. The van der Waals surface area contributed by atoms with E-state index in [0.717, 1.165) is 4.31 Å². The van der Waals surface area contributed by atoms with Crippen LogP contribution >= 0.6 is 0 Å². The number of non-ortho nitro benzene ring substituents is 1.